The van der Waals surface area contributed by atoms with Crippen molar-refractivity contribution in [2.24, 2.45) is 5.92 Å². The van der Waals surface area contributed by atoms with Crippen LogP contribution in [0.5, 0.6) is 5.88 Å². The van der Waals surface area contributed by atoms with Gasteiger partial charge < -0.3 is 14.7 Å². The second kappa shape index (κ2) is 8.70. The molecule has 0 amide bonds. The Morgan fingerprint density at radius 1 is 1.27 bits per heavy atom. The van der Waals surface area contributed by atoms with E-state index in [0.29, 0.717) is 12.1 Å². The Labute approximate surface area is 174 Å². The van der Waals surface area contributed by atoms with E-state index in [9.17, 15) is 23.1 Å². The first-order chi connectivity index (χ1) is 14.1. The monoisotopic (exact) mass is 437 g/mol. The second-order valence-corrected chi connectivity index (χ2v) is 7.73. The molecule has 10 heteroatoms. The van der Waals surface area contributed by atoms with E-state index in [1.165, 1.54) is 29.7 Å². The Morgan fingerprint density at radius 2 is 2.03 bits per heavy atom. The molecule has 3 rings (SSSR count). The standard InChI is InChI=1S/C20H18F3N3O3S/c1-12(2)11-26(14-5-6-24-17(9-14)29-20(21,22)23)18-15(19(27)28)8-13(10-25-18)16-4-3-7-30-16/h3-10,12H,11H2,1-2H3,(H,27,28). The lowest BCUT2D eigenvalue weighted by Gasteiger charge is -2.27. The summed E-state index contributed by atoms with van der Waals surface area (Å²) < 4.78 is 41.7. The summed E-state index contributed by atoms with van der Waals surface area (Å²) in [7, 11) is 0. The summed E-state index contributed by atoms with van der Waals surface area (Å²) in [5, 5.41) is 11.6. The van der Waals surface area contributed by atoms with Crippen LogP contribution in [0.2, 0.25) is 0 Å². The van der Waals surface area contributed by atoms with Gasteiger partial charge in [-0.1, -0.05) is 19.9 Å². The predicted octanol–water partition coefficient (Wildman–Crippen LogP) is 5.60. The minimum absolute atomic E-state index is 0.0587. The number of rotatable bonds is 7. The molecule has 0 aliphatic carbocycles. The summed E-state index contributed by atoms with van der Waals surface area (Å²) in [6.07, 6.45) is -2.17. The average Bonchev–Trinajstić information content (AvgIpc) is 3.19. The molecular formula is C20H18F3N3O3S. The number of aromatic nitrogens is 2. The molecule has 1 N–H and O–H groups in total. The molecule has 0 unspecified atom stereocenters. The number of carboxylic acids is 1. The van der Waals surface area contributed by atoms with Crippen molar-refractivity contribution in [3.63, 3.8) is 0 Å². The minimum atomic E-state index is -4.89. The molecule has 0 atom stereocenters. The predicted molar refractivity (Wildman–Crippen MR) is 107 cm³/mol. The van der Waals surface area contributed by atoms with Gasteiger partial charge in [0.15, 0.2) is 0 Å². The number of carboxylic acid groups (broad SMARTS) is 1. The van der Waals surface area contributed by atoms with Crippen molar-refractivity contribution < 1.29 is 27.8 Å². The molecule has 3 aromatic heterocycles. The quantitative estimate of drug-likeness (QED) is 0.519. The zero-order valence-corrected chi connectivity index (χ0v) is 16.9. The molecule has 0 saturated heterocycles. The highest BCUT2D eigenvalue weighted by atomic mass is 32.1. The highest BCUT2D eigenvalue weighted by Gasteiger charge is 2.32. The van der Waals surface area contributed by atoms with Gasteiger partial charge in [-0.2, -0.15) is 0 Å². The van der Waals surface area contributed by atoms with Gasteiger partial charge in [0, 0.05) is 41.1 Å². The van der Waals surface area contributed by atoms with E-state index in [1.54, 1.807) is 11.1 Å². The smallest absolute Gasteiger partial charge is 0.478 e. The fourth-order valence-electron chi connectivity index (χ4n) is 2.83. The summed E-state index contributed by atoms with van der Waals surface area (Å²) in [4.78, 5) is 22.3. The first-order valence-electron chi connectivity index (χ1n) is 8.90. The van der Waals surface area contributed by atoms with Gasteiger partial charge in [-0.15, -0.1) is 24.5 Å². The molecular weight excluding hydrogens is 419 g/mol. The molecule has 6 nitrogen and oxygen atoms in total. The zero-order valence-electron chi connectivity index (χ0n) is 16.1. The van der Waals surface area contributed by atoms with Crippen molar-refractivity contribution in [1.29, 1.82) is 0 Å². The molecule has 0 aromatic carbocycles. The van der Waals surface area contributed by atoms with Gasteiger partial charge in [-0.05, 0) is 29.5 Å². The van der Waals surface area contributed by atoms with E-state index in [0.717, 1.165) is 10.9 Å². The molecule has 0 spiro atoms. The van der Waals surface area contributed by atoms with E-state index >= 15 is 0 Å². The van der Waals surface area contributed by atoms with E-state index in [2.05, 4.69) is 14.7 Å². The molecule has 0 bridgehead atoms. The van der Waals surface area contributed by atoms with Crippen LogP contribution >= 0.6 is 11.3 Å². The molecule has 30 heavy (non-hydrogen) atoms. The zero-order chi connectivity index (χ0) is 21.9. The Kier molecular flexibility index (Phi) is 6.25. The normalized spacial score (nSPS) is 11.5. The number of anilines is 2. The molecule has 0 radical (unpaired) electrons. The number of carbonyl (C=O) groups is 1. The van der Waals surface area contributed by atoms with Crippen LogP contribution in [0.4, 0.5) is 24.7 Å². The maximum Gasteiger partial charge on any atom is 0.574 e. The van der Waals surface area contributed by atoms with Crippen LogP contribution in [0.15, 0.2) is 48.1 Å². The number of pyridine rings is 2. The summed E-state index contributed by atoms with van der Waals surface area (Å²) in [6, 6.07) is 7.79. The third kappa shape index (κ3) is 5.26. The maximum absolute atomic E-state index is 12.6. The molecule has 0 aliphatic rings. The van der Waals surface area contributed by atoms with E-state index < -0.39 is 18.2 Å². The van der Waals surface area contributed by atoms with Crippen molar-refractivity contribution in [2.45, 2.75) is 20.2 Å². The summed E-state index contributed by atoms with van der Waals surface area (Å²) in [5.41, 5.74) is 0.875. The van der Waals surface area contributed by atoms with Gasteiger partial charge in [0.25, 0.3) is 0 Å². The summed E-state index contributed by atoms with van der Waals surface area (Å²) in [6.45, 7) is 4.13. The molecule has 3 aromatic rings. The first kappa shape index (κ1) is 21.6. The van der Waals surface area contributed by atoms with Crippen molar-refractivity contribution in [2.75, 3.05) is 11.4 Å². The van der Waals surface area contributed by atoms with Gasteiger partial charge in [0.1, 0.15) is 11.4 Å². The third-order valence-corrected chi connectivity index (χ3v) is 4.88. The molecule has 0 saturated carbocycles. The van der Waals surface area contributed by atoms with E-state index in [4.69, 9.17) is 0 Å². The number of halogens is 3. The van der Waals surface area contributed by atoms with Gasteiger partial charge >= 0.3 is 12.3 Å². The van der Waals surface area contributed by atoms with Crippen LogP contribution in [-0.2, 0) is 0 Å². The van der Waals surface area contributed by atoms with Crippen LogP contribution in [0, 0.1) is 5.92 Å². The lowest BCUT2D eigenvalue weighted by atomic mass is 10.1. The Bertz CT molecular complexity index is 1020. The fraction of sp³-hybridized carbons (Fsp3) is 0.250. The molecule has 158 valence electrons. The Morgan fingerprint density at radius 3 is 2.63 bits per heavy atom. The number of hydrogen-bond donors (Lipinski definition) is 1. The third-order valence-electron chi connectivity index (χ3n) is 3.96. The molecule has 0 aliphatic heterocycles. The SMILES string of the molecule is CC(C)CN(c1ccnc(OC(F)(F)F)c1)c1ncc(-c2cccs2)cc1C(=O)O. The van der Waals surface area contributed by atoms with Crippen molar-refractivity contribution in [3.05, 3.63) is 53.7 Å². The van der Waals surface area contributed by atoms with Crippen LogP contribution in [-0.4, -0.2) is 34.0 Å². The number of ether oxygens (including phenoxy) is 1. The van der Waals surface area contributed by atoms with Crippen LogP contribution in [0.25, 0.3) is 10.4 Å². The highest BCUT2D eigenvalue weighted by molar-refractivity contribution is 7.13. The second-order valence-electron chi connectivity index (χ2n) is 6.78. The lowest BCUT2D eigenvalue weighted by Crippen LogP contribution is -2.26. The summed E-state index contributed by atoms with van der Waals surface area (Å²) in [5.74, 6) is -1.64. The number of hydrogen-bond acceptors (Lipinski definition) is 6. The highest BCUT2D eigenvalue weighted by Crippen LogP contribution is 2.34. The van der Waals surface area contributed by atoms with Gasteiger partial charge in [-0.25, -0.2) is 14.8 Å². The van der Waals surface area contributed by atoms with Crippen molar-refractivity contribution >= 4 is 28.8 Å². The van der Waals surface area contributed by atoms with Crippen LogP contribution in [0.3, 0.4) is 0 Å². The minimum Gasteiger partial charge on any atom is -0.478 e. The Balaban J connectivity index is 2.08. The number of aromatic carboxylic acids is 1. The fourth-order valence-corrected chi connectivity index (χ4v) is 3.54. The van der Waals surface area contributed by atoms with E-state index in [-0.39, 0.29) is 23.0 Å². The number of alkyl halides is 3. The number of thiophene rings is 1. The molecule has 3 heterocycles. The first-order valence-corrected chi connectivity index (χ1v) is 9.78. The van der Waals surface area contributed by atoms with Crippen molar-refractivity contribution in [3.8, 4) is 16.3 Å². The Hall–Kier alpha value is -3.14. The maximum atomic E-state index is 12.6. The van der Waals surface area contributed by atoms with Gasteiger partial charge in [0.05, 0.1) is 0 Å². The van der Waals surface area contributed by atoms with E-state index in [1.807, 2.05) is 31.4 Å². The van der Waals surface area contributed by atoms with Crippen LogP contribution in [0.1, 0.15) is 24.2 Å². The largest absolute Gasteiger partial charge is 0.574 e. The van der Waals surface area contributed by atoms with Gasteiger partial charge in [0.2, 0.25) is 5.88 Å². The van der Waals surface area contributed by atoms with Crippen LogP contribution < -0.4 is 9.64 Å². The summed E-state index contributed by atoms with van der Waals surface area (Å²) >= 11 is 1.45. The molecule has 0 fully saturated rings. The van der Waals surface area contributed by atoms with Gasteiger partial charge in [-0.3, -0.25) is 0 Å². The average molecular weight is 437 g/mol. The lowest BCUT2D eigenvalue weighted by molar-refractivity contribution is -0.276. The van der Waals surface area contributed by atoms with Crippen molar-refractivity contribution in [1.82, 2.24) is 9.97 Å². The number of nitrogens with zero attached hydrogens (tertiary/aromatic N) is 3. The topological polar surface area (TPSA) is 75.5 Å².